The molecule has 0 amide bonds. The van der Waals surface area contributed by atoms with Crippen LogP contribution >= 0.6 is 0 Å². The number of nitrogens with one attached hydrogen (secondary N) is 1. The van der Waals surface area contributed by atoms with Crippen LogP contribution in [0.25, 0.3) is 0 Å². The van der Waals surface area contributed by atoms with E-state index in [1.807, 2.05) is 7.05 Å². The summed E-state index contributed by atoms with van der Waals surface area (Å²) in [6.45, 7) is 10.1. The standard InChI is InChI=1S/C16H28N2O/c1-4-18(5-2)12-13-19-14-16-8-6-15(7-9-16)10-11-17-3/h6-9,17H,4-5,10-14H2,1-3H3. The van der Waals surface area contributed by atoms with Crippen LogP contribution in [0.3, 0.4) is 0 Å². The summed E-state index contributed by atoms with van der Waals surface area (Å²) in [6.07, 6.45) is 1.08. The molecule has 0 saturated heterocycles. The minimum Gasteiger partial charge on any atom is -0.375 e. The third-order valence-corrected chi connectivity index (χ3v) is 3.40. The van der Waals surface area contributed by atoms with E-state index in [4.69, 9.17) is 4.74 Å². The first-order valence-electron chi connectivity index (χ1n) is 7.32. The third-order valence-electron chi connectivity index (χ3n) is 3.40. The molecule has 0 saturated carbocycles. The van der Waals surface area contributed by atoms with Gasteiger partial charge in [-0.25, -0.2) is 0 Å². The van der Waals surface area contributed by atoms with Crippen molar-refractivity contribution < 1.29 is 4.74 Å². The average Bonchev–Trinajstić information content (AvgIpc) is 2.46. The number of hydrogen-bond donors (Lipinski definition) is 1. The topological polar surface area (TPSA) is 24.5 Å². The Morgan fingerprint density at radius 3 is 2.26 bits per heavy atom. The van der Waals surface area contributed by atoms with Crippen molar-refractivity contribution in [2.24, 2.45) is 0 Å². The van der Waals surface area contributed by atoms with E-state index >= 15 is 0 Å². The number of ether oxygens (including phenoxy) is 1. The van der Waals surface area contributed by atoms with Gasteiger partial charge in [-0.3, -0.25) is 0 Å². The Labute approximate surface area is 118 Å². The molecule has 1 aromatic carbocycles. The smallest absolute Gasteiger partial charge is 0.0717 e. The Kier molecular flexibility index (Phi) is 8.47. The zero-order valence-corrected chi connectivity index (χ0v) is 12.6. The first-order chi connectivity index (χ1) is 9.30. The van der Waals surface area contributed by atoms with Crippen molar-refractivity contribution in [3.05, 3.63) is 35.4 Å². The Bertz CT molecular complexity index is 320. The predicted octanol–water partition coefficient (Wildman–Crippen LogP) is 2.31. The SMILES string of the molecule is CCN(CC)CCOCc1ccc(CCNC)cc1. The monoisotopic (exact) mass is 264 g/mol. The predicted molar refractivity (Wildman–Crippen MR) is 81.5 cm³/mol. The Balaban J connectivity index is 2.22. The van der Waals surface area contributed by atoms with Crippen LogP contribution in [0, 0.1) is 0 Å². The normalized spacial score (nSPS) is 11.2. The van der Waals surface area contributed by atoms with Crippen LogP contribution in [-0.4, -0.2) is 44.7 Å². The van der Waals surface area contributed by atoms with Crippen LogP contribution < -0.4 is 5.32 Å². The summed E-state index contributed by atoms with van der Waals surface area (Å²) in [6, 6.07) is 8.73. The molecule has 0 atom stereocenters. The van der Waals surface area contributed by atoms with Crippen molar-refractivity contribution in [1.29, 1.82) is 0 Å². The van der Waals surface area contributed by atoms with Gasteiger partial charge in [-0.1, -0.05) is 38.1 Å². The highest BCUT2D eigenvalue weighted by molar-refractivity contribution is 5.22. The average molecular weight is 264 g/mol. The third kappa shape index (κ3) is 6.71. The van der Waals surface area contributed by atoms with E-state index in [1.165, 1.54) is 11.1 Å². The van der Waals surface area contributed by atoms with Crippen LogP contribution in [0.15, 0.2) is 24.3 Å². The molecule has 0 aliphatic rings. The molecule has 0 unspecified atom stereocenters. The lowest BCUT2D eigenvalue weighted by Gasteiger charge is -2.17. The molecule has 1 N–H and O–H groups in total. The van der Waals surface area contributed by atoms with Gasteiger partial charge in [0.15, 0.2) is 0 Å². The molecule has 3 nitrogen and oxygen atoms in total. The maximum Gasteiger partial charge on any atom is 0.0717 e. The molecule has 0 radical (unpaired) electrons. The molecule has 0 spiro atoms. The zero-order chi connectivity index (χ0) is 13.9. The van der Waals surface area contributed by atoms with Crippen LogP contribution in [0.4, 0.5) is 0 Å². The minimum absolute atomic E-state index is 0.716. The molecule has 0 heterocycles. The molecule has 3 heteroatoms. The van der Waals surface area contributed by atoms with Crippen molar-refractivity contribution in [2.75, 3.05) is 39.8 Å². The van der Waals surface area contributed by atoms with Gasteiger partial charge in [0.2, 0.25) is 0 Å². The summed E-state index contributed by atoms with van der Waals surface area (Å²) in [5, 5.41) is 3.16. The largest absolute Gasteiger partial charge is 0.375 e. The van der Waals surface area contributed by atoms with Crippen LogP contribution in [0.2, 0.25) is 0 Å². The number of nitrogens with zero attached hydrogens (tertiary/aromatic N) is 1. The molecule has 0 aromatic heterocycles. The minimum atomic E-state index is 0.716. The Morgan fingerprint density at radius 2 is 1.68 bits per heavy atom. The van der Waals surface area contributed by atoms with Gasteiger partial charge in [0, 0.05) is 6.54 Å². The molecule has 1 rings (SSSR count). The van der Waals surface area contributed by atoms with Gasteiger partial charge in [0.05, 0.1) is 13.2 Å². The molecule has 0 fully saturated rings. The van der Waals surface area contributed by atoms with E-state index in [0.717, 1.165) is 39.2 Å². The summed E-state index contributed by atoms with van der Waals surface area (Å²) in [5.41, 5.74) is 2.63. The highest BCUT2D eigenvalue weighted by Crippen LogP contribution is 2.06. The van der Waals surface area contributed by atoms with E-state index in [0.29, 0.717) is 6.61 Å². The van der Waals surface area contributed by atoms with E-state index < -0.39 is 0 Å². The summed E-state index contributed by atoms with van der Waals surface area (Å²) >= 11 is 0. The van der Waals surface area contributed by atoms with Gasteiger partial charge in [0.1, 0.15) is 0 Å². The fourth-order valence-corrected chi connectivity index (χ4v) is 1.99. The molecule has 0 bridgehead atoms. The summed E-state index contributed by atoms with van der Waals surface area (Å²) in [7, 11) is 1.98. The van der Waals surface area contributed by atoms with Crippen LogP contribution in [0.5, 0.6) is 0 Å². The van der Waals surface area contributed by atoms with Gasteiger partial charge >= 0.3 is 0 Å². The Morgan fingerprint density at radius 1 is 1.05 bits per heavy atom. The molecule has 1 aromatic rings. The summed E-state index contributed by atoms with van der Waals surface area (Å²) in [5.74, 6) is 0. The fourth-order valence-electron chi connectivity index (χ4n) is 1.99. The van der Waals surface area contributed by atoms with E-state index in [-0.39, 0.29) is 0 Å². The molecule has 19 heavy (non-hydrogen) atoms. The molecule has 0 aliphatic heterocycles. The van der Waals surface area contributed by atoms with Crippen LogP contribution in [0.1, 0.15) is 25.0 Å². The maximum absolute atomic E-state index is 5.72. The fraction of sp³-hybridized carbons (Fsp3) is 0.625. The highest BCUT2D eigenvalue weighted by atomic mass is 16.5. The zero-order valence-electron chi connectivity index (χ0n) is 12.6. The molecule has 108 valence electrons. The van der Waals surface area contributed by atoms with Gasteiger partial charge < -0.3 is 15.0 Å². The van der Waals surface area contributed by atoms with Gasteiger partial charge in [-0.05, 0) is 44.2 Å². The lowest BCUT2D eigenvalue weighted by atomic mass is 10.1. The van der Waals surface area contributed by atoms with E-state index in [9.17, 15) is 0 Å². The van der Waals surface area contributed by atoms with Crippen LogP contribution in [-0.2, 0) is 17.8 Å². The van der Waals surface area contributed by atoms with Crippen molar-refractivity contribution in [3.63, 3.8) is 0 Å². The van der Waals surface area contributed by atoms with Crippen molar-refractivity contribution >= 4 is 0 Å². The van der Waals surface area contributed by atoms with Crippen molar-refractivity contribution in [2.45, 2.75) is 26.9 Å². The number of likely N-dealkylation sites (N-methyl/N-ethyl adjacent to an activating group) is 2. The van der Waals surface area contributed by atoms with Gasteiger partial charge in [0.25, 0.3) is 0 Å². The molecular weight excluding hydrogens is 236 g/mol. The quantitative estimate of drug-likeness (QED) is 0.656. The molecular formula is C16H28N2O. The first kappa shape index (κ1) is 16.2. The lowest BCUT2D eigenvalue weighted by molar-refractivity contribution is 0.0956. The van der Waals surface area contributed by atoms with Gasteiger partial charge in [-0.15, -0.1) is 0 Å². The summed E-state index contributed by atoms with van der Waals surface area (Å²) in [4.78, 5) is 2.38. The summed E-state index contributed by atoms with van der Waals surface area (Å²) < 4.78 is 5.72. The number of rotatable bonds is 10. The lowest BCUT2D eigenvalue weighted by Crippen LogP contribution is -2.26. The number of hydrogen-bond acceptors (Lipinski definition) is 3. The first-order valence-corrected chi connectivity index (χ1v) is 7.32. The Hall–Kier alpha value is -0.900. The second-order valence-corrected chi connectivity index (χ2v) is 4.75. The van der Waals surface area contributed by atoms with Crippen molar-refractivity contribution in [3.8, 4) is 0 Å². The molecule has 0 aliphatic carbocycles. The highest BCUT2D eigenvalue weighted by Gasteiger charge is 1.99. The van der Waals surface area contributed by atoms with Gasteiger partial charge in [-0.2, -0.15) is 0 Å². The maximum atomic E-state index is 5.72. The second-order valence-electron chi connectivity index (χ2n) is 4.75. The van der Waals surface area contributed by atoms with E-state index in [1.54, 1.807) is 0 Å². The van der Waals surface area contributed by atoms with Crippen molar-refractivity contribution in [1.82, 2.24) is 10.2 Å². The van der Waals surface area contributed by atoms with E-state index in [2.05, 4.69) is 48.3 Å². The number of benzene rings is 1. The second kappa shape index (κ2) is 9.96.